The van der Waals surface area contributed by atoms with Gasteiger partial charge in [-0.1, -0.05) is 13.3 Å². The minimum atomic E-state index is -1.05. The summed E-state index contributed by atoms with van der Waals surface area (Å²) in [5.41, 5.74) is -0.559. The third-order valence-corrected chi connectivity index (χ3v) is 3.00. The zero-order chi connectivity index (χ0) is 12.5. The van der Waals surface area contributed by atoms with E-state index in [0.717, 1.165) is 12.8 Å². The highest BCUT2D eigenvalue weighted by Crippen LogP contribution is 2.27. The van der Waals surface area contributed by atoms with E-state index in [2.05, 4.69) is 0 Å². The van der Waals surface area contributed by atoms with Crippen molar-refractivity contribution in [1.82, 2.24) is 4.90 Å². The summed E-state index contributed by atoms with van der Waals surface area (Å²) in [6, 6.07) is 3.12. The molecule has 2 rings (SSSR count). The Kier molecular flexibility index (Phi) is 3.22. The number of likely N-dealkylation sites (tertiary alicyclic amines) is 1. The first-order valence-corrected chi connectivity index (χ1v) is 5.79. The second-order valence-electron chi connectivity index (χ2n) is 4.69. The monoisotopic (exact) mass is 239 g/mol. The second kappa shape index (κ2) is 4.50. The van der Waals surface area contributed by atoms with Gasteiger partial charge in [-0.15, -0.1) is 0 Å². The Hall–Kier alpha value is -1.33. The van der Waals surface area contributed by atoms with Crippen LogP contribution in [0, 0.1) is 0 Å². The normalized spacial score (nSPS) is 18.9. The van der Waals surface area contributed by atoms with Crippen molar-refractivity contribution in [2.45, 2.75) is 31.9 Å². The van der Waals surface area contributed by atoms with Crippen molar-refractivity contribution >= 4 is 5.97 Å². The number of aliphatic hydroxyl groups is 1. The van der Waals surface area contributed by atoms with Crippen molar-refractivity contribution in [3.05, 3.63) is 23.7 Å². The molecule has 5 heteroatoms. The highest BCUT2D eigenvalue weighted by molar-refractivity contribution is 5.84. The van der Waals surface area contributed by atoms with Gasteiger partial charge in [-0.2, -0.15) is 0 Å². The molecule has 5 nitrogen and oxygen atoms in total. The molecular weight excluding hydrogens is 222 g/mol. The topological polar surface area (TPSA) is 73.9 Å². The lowest BCUT2D eigenvalue weighted by Gasteiger charge is -2.46. The lowest BCUT2D eigenvalue weighted by atomic mass is 9.89. The summed E-state index contributed by atoms with van der Waals surface area (Å²) in [5, 5.41) is 18.7. The van der Waals surface area contributed by atoms with Crippen LogP contribution in [0.2, 0.25) is 0 Å². The molecule has 17 heavy (non-hydrogen) atoms. The molecule has 0 radical (unpaired) electrons. The van der Waals surface area contributed by atoms with E-state index < -0.39 is 11.6 Å². The lowest BCUT2D eigenvalue weighted by Crippen LogP contribution is -2.60. The van der Waals surface area contributed by atoms with Crippen LogP contribution in [0.1, 0.15) is 36.1 Å². The highest BCUT2D eigenvalue weighted by Gasteiger charge is 2.40. The van der Waals surface area contributed by atoms with Gasteiger partial charge >= 0.3 is 5.97 Å². The third kappa shape index (κ3) is 2.68. The van der Waals surface area contributed by atoms with E-state index in [1.807, 2.05) is 11.8 Å². The Morgan fingerprint density at radius 3 is 2.76 bits per heavy atom. The molecule has 2 N–H and O–H groups in total. The maximum Gasteiger partial charge on any atom is 0.371 e. The van der Waals surface area contributed by atoms with Crippen molar-refractivity contribution in [3.63, 3.8) is 0 Å². The summed E-state index contributed by atoms with van der Waals surface area (Å²) in [5.74, 6) is -0.465. The number of carboxylic acid groups (broad SMARTS) is 1. The molecule has 0 aromatic carbocycles. The fraction of sp³-hybridized carbons (Fsp3) is 0.583. The Morgan fingerprint density at radius 1 is 1.53 bits per heavy atom. The van der Waals surface area contributed by atoms with Gasteiger partial charge in [0, 0.05) is 13.1 Å². The highest BCUT2D eigenvalue weighted by atomic mass is 16.4. The third-order valence-electron chi connectivity index (χ3n) is 3.00. The van der Waals surface area contributed by atoms with E-state index in [0.29, 0.717) is 25.4 Å². The largest absolute Gasteiger partial charge is 0.475 e. The maximum absolute atomic E-state index is 10.6. The fourth-order valence-corrected chi connectivity index (χ4v) is 2.32. The molecule has 0 unspecified atom stereocenters. The molecule has 0 bridgehead atoms. The summed E-state index contributed by atoms with van der Waals surface area (Å²) in [6.45, 7) is 3.86. The molecule has 0 aliphatic carbocycles. The van der Waals surface area contributed by atoms with Gasteiger partial charge in [0.1, 0.15) is 5.76 Å². The van der Waals surface area contributed by atoms with Crippen LogP contribution in [0.3, 0.4) is 0 Å². The van der Waals surface area contributed by atoms with Gasteiger partial charge in [-0.25, -0.2) is 4.79 Å². The molecule has 1 aliphatic rings. The van der Waals surface area contributed by atoms with Crippen LogP contribution >= 0.6 is 0 Å². The summed E-state index contributed by atoms with van der Waals surface area (Å²) < 4.78 is 5.16. The summed E-state index contributed by atoms with van der Waals surface area (Å²) in [4.78, 5) is 12.7. The molecule has 0 amide bonds. The van der Waals surface area contributed by atoms with Gasteiger partial charge in [0.2, 0.25) is 5.76 Å². The molecular formula is C12H17NO4. The molecule has 1 saturated heterocycles. The van der Waals surface area contributed by atoms with Crippen LogP contribution in [-0.2, 0) is 6.54 Å². The van der Waals surface area contributed by atoms with Gasteiger partial charge in [-0.05, 0) is 18.6 Å². The molecule has 0 saturated carbocycles. The summed E-state index contributed by atoms with van der Waals surface area (Å²) >= 11 is 0. The van der Waals surface area contributed by atoms with Gasteiger partial charge in [0.25, 0.3) is 0 Å². The van der Waals surface area contributed by atoms with Crippen molar-refractivity contribution in [2.75, 3.05) is 13.1 Å². The first kappa shape index (κ1) is 12.1. The van der Waals surface area contributed by atoms with Crippen molar-refractivity contribution < 1.29 is 19.4 Å². The fourth-order valence-electron chi connectivity index (χ4n) is 2.32. The zero-order valence-corrected chi connectivity index (χ0v) is 9.85. The van der Waals surface area contributed by atoms with Crippen LogP contribution in [-0.4, -0.2) is 39.8 Å². The number of carboxylic acids is 1. The number of β-amino-alcohol motifs (C(OH)–C–C–N with tert-alkyl or cyclic N) is 1. The molecule has 0 atom stereocenters. The van der Waals surface area contributed by atoms with Gasteiger partial charge in [-0.3, -0.25) is 4.90 Å². The molecule has 0 spiro atoms. The Bertz CT molecular complexity index is 406. The van der Waals surface area contributed by atoms with E-state index in [1.54, 1.807) is 6.07 Å². The molecule has 1 aliphatic heterocycles. The predicted octanol–water partition coefficient (Wildman–Crippen LogP) is 1.32. The number of furan rings is 1. The number of aromatic carboxylic acids is 1. The zero-order valence-electron chi connectivity index (χ0n) is 9.85. The number of rotatable bonds is 5. The number of hydrogen-bond acceptors (Lipinski definition) is 4. The van der Waals surface area contributed by atoms with Crippen LogP contribution in [0.15, 0.2) is 16.5 Å². The lowest BCUT2D eigenvalue weighted by molar-refractivity contribution is -0.108. The number of carbonyl (C=O) groups is 1. The van der Waals surface area contributed by atoms with E-state index in [4.69, 9.17) is 9.52 Å². The van der Waals surface area contributed by atoms with E-state index in [-0.39, 0.29) is 5.76 Å². The van der Waals surface area contributed by atoms with Crippen molar-refractivity contribution in [2.24, 2.45) is 0 Å². The van der Waals surface area contributed by atoms with Crippen LogP contribution in [0.25, 0.3) is 0 Å². The van der Waals surface area contributed by atoms with Crippen LogP contribution in [0.4, 0.5) is 0 Å². The molecule has 1 fully saturated rings. The SMILES string of the molecule is CCCC1(O)CN(Cc2ccc(C(=O)O)o2)C1. The van der Waals surface area contributed by atoms with Gasteiger partial charge < -0.3 is 14.6 Å². The van der Waals surface area contributed by atoms with Gasteiger partial charge in [0.15, 0.2) is 0 Å². The number of hydrogen-bond donors (Lipinski definition) is 2. The summed E-state index contributed by atoms with van der Waals surface area (Å²) in [7, 11) is 0. The van der Waals surface area contributed by atoms with Crippen LogP contribution < -0.4 is 0 Å². The minimum Gasteiger partial charge on any atom is -0.475 e. The van der Waals surface area contributed by atoms with E-state index in [1.165, 1.54) is 6.07 Å². The maximum atomic E-state index is 10.6. The predicted molar refractivity (Wildman–Crippen MR) is 60.8 cm³/mol. The first-order chi connectivity index (χ1) is 8.02. The molecule has 1 aromatic rings. The smallest absolute Gasteiger partial charge is 0.371 e. The van der Waals surface area contributed by atoms with Crippen molar-refractivity contribution in [3.8, 4) is 0 Å². The Balaban J connectivity index is 1.85. The second-order valence-corrected chi connectivity index (χ2v) is 4.69. The van der Waals surface area contributed by atoms with E-state index >= 15 is 0 Å². The minimum absolute atomic E-state index is 0.0376. The summed E-state index contributed by atoms with van der Waals surface area (Å²) in [6.07, 6.45) is 1.77. The van der Waals surface area contributed by atoms with Crippen LogP contribution in [0.5, 0.6) is 0 Å². The van der Waals surface area contributed by atoms with E-state index in [9.17, 15) is 9.90 Å². The molecule has 1 aromatic heterocycles. The quantitative estimate of drug-likeness (QED) is 0.810. The Labute approximate surface area is 99.6 Å². The van der Waals surface area contributed by atoms with Crippen molar-refractivity contribution in [1.29, 1.82) is 0 Å². The molecule has 2 heterocycles. The first-order valence-electron chi connectivity index (χ1n) is 5.79. The average Bonchev–Trinajstić information content (AvgIpc) is 2.64. The molecule has 94 valence electrons. The standard InChI is InChI=1S/C12H17NO4/c1-2-5-12(16)7-13(8-12)6-9-3-4-10(17-9)11(14)15/h3-4,16H,2,5-8H2,1H3,(H,14,15). The Morgan fingerprint density at radius 2 is 2.24 bits per heavy atom. The van der Waals surface area contributed by atoms with Gasteiger partial charge in [0.05, 0.1) is 12.1 Å². The number of nitrogens with zero attached hydrogens (tertiary/aromatic N) is 1. The average molecular weight is 239 g/mol.